The van der Waals surface area contributed by atoms with Gasteiger partial charge in [-0.1, -0.05) is 18.2 Å². The Morgan fingerprint density at radius 1 is 1.18 bits per heavy atom. The van der Waals surface area contributed by atoms with Gasteiger partial charge in [-0.3, -0.25) is 4.79 Å². The summed E-state index contributed by atoms with van der Waals surface area (Å²) in [4.78, 5) is 17.4. The monoisotopic (exact) mass is 468 g/mol. The number of nitrogens with one attached hydrogen (secondary N) is 1. The van der Waals surface area contributed by atoms with Crippen LogP contribution in [0.5, 0.6) is 5.75 Å². The van der Waals surface area contributed by atoms with Crippen LogP contribution in [-0.4, -0.2) is 48.4 Å². The maximum atomic E-state index is 13.1. The second-order valence-electron chi connectivity index (χ2n) is 8.07. The molecule has 1 N–H and O–H groups in total. The first kappa shape index (κ1) is 23.0. The lowest BCUT2D eigenvalue weighted by atomic mass is 9.98. The summed E-state index contributed by atoms with van der Waals surface area (Å²) < 4.78 is 34.7. The van der Waals surface area contributed by atoms with Gasteiger partial charge in [0.2, 0.25) is 15.9 Å². The second-order valence-corrected chi connectivity index (χ2v) is 10.0. The summed E-state index contributed by atoms with van der Waals surface area (Å²) in [7, 11) is -2.14. The van der Waals surface area contributed by atoms with Crippen molar-refractivity contribution in [3.05, 3.63) is 72.3 Å². The van der Waals surface area contributed by atoms with Crippen LogP contribution >= 0.6 is 0 Å². The molecule has 0 unspecified atom stereocenters. The summed E-state index contributed by atoms with van der Waals surface area (Å²) in [5.74, 6) is 0.923. The number of benzene rings is 2. The largest absolute Gasteiger partial charge is 0.497 e. The number of imidazole rings is 1. The van der Waals surface area contributed by atoms with E-state index in [1.165, 1.54) is 23.5 Å². The highest BCUT2D eigenvalue weighted by Crippen LogP contribution is 2.25. The minimum Gasteiger partial charge on any atom is -0.497 e. The highest BCUT2D eigenvalue weighted by atomic mass is 32.2. The first-order valence-electron chi connectivity index (χ1n) is 10.9. The number of piperidine rings is 1. The summed E-state index contributed by atoms with van der Waals surface area (Å²) >= 11 is 0. The Balaban J connectivity index is 1.43. The van der Waals surface area contributed by atoms with Gasteiger partial charge < -0.3 is 14.6 Å². The number of sulfonamides is 1. The Bertz CT molecular complexity index is 1220. The van der Waals surface area contributed by atoms with E-state index in [4.69, 9.17) is 4.74 Å². The molecule has 0 bridgehead atoms. The van der Waals surface area contributed by atoms with Gasteiger partial charge in [0, 0.05) is 32.0 Å². The van der Waals surface area contributed by atoms with Gasteiger partial charge >= 0.3 is 0 Å². The van der Waals surface area contributed by atoms with E-state index in [1.807, 2.05) is 42.0 Å². The molecule has 1 atom stereocenters. The van der Waals surface area contributed by atoms with Gasteiger partial charge in [0.25, 0.3) is 0 Å². The molecule has 0 saturated carbocycles. The minimum atomic E-state index is -3.67. The Kier molecular flexibility index (Phi) is 6.80. The molecule has 2 heterocycles. The molecule has 1 aliphatic heterocycles. The molecule has 0 radical (unpaired) electrons. The quantitative estimate of drug-likeness (QED) is 0.576. The van der Waals surface area contributed by atoms with E-state index in [2.05, 4.69) is 10.3 Å². The first-order valence-corrected chi connectivity index (χ1v) is 12.3. The zero-order valence-electron chi connectivity index (χ0n) is 18.8. The molecule has 1 saturated heterocycles. The van der Waals surface area contributed by atoms with Crippen molar-refractivity contribution in [3.63, 3.8) is 0 Å². The van der Waals surface area contributed by atoms with Crippen LogP contribution in [0.4, 0.5) is 0 Å². The molecule has 33 heavy (non-hydrogen) atoms. The number of nitrogens with zero attached hydrogens (tertiary/aromatic N) is 3. The fraction of sp³-hybridized carbons (Fsp3) is 0.333. The average Bonchev–Trinajstić information content (AvgIpc) is 3.28. The Morgan fingerprint density at radius 2 is 1.94 bits per heavy atom. The Labute approximate surface area is 194 Å². The van der Waals surface area contributed by atoms with Crippen LogP contribution in [0.2, 0.25) is 0 Å². The van der Waals surface area contributed by atoms with Gasteiger partial charge in [-0.15, -0.1) is 0 Å². The van der Waals surface area contributed by atoms with Crippen molar-refractivity contribution in [2.24, 2.45) is 5.92 Å². The zero-order valence-corrected chi connectivity index (χ0v) is 19.6. The van der Waals surface area contributed by atoms with E-state index >= 15 is 0 Å². The third-order valence-corrected chi connectivity index (χ3v) is 7.86. The molecule has 8 nitrogen and oxygen atoms in total. The van der Waals surface area contributed by atoms with Crippen LogP contribution in [0.3, 0.4) is 0 Å². The third-order valence-electron chi connectivity index (χ3n) is 5.98. The summed E-state index contributed by atoms with van der Waals surface area (Å²) in [5, 5.41) is 3.01. The number of carbonyl (C=O) groups is 1. The molecule has 1 aliphatic rings. The highest BCUT2D eigenvalue weighted by molar-refractivity contribution is 7.89. The van der Waals surface area contributed by atoms with Gasteiger partial charge in [0.15, 0.2) is 0 Å². The van der Waals surface area contributed by atoms with E-state index in [-0.39, 0.29) is 17.3 Å². The zero-order chi connectivity index (χ0) is 23.4. The van der Waals surface area contributed by atoms with Crippen molar-refractivity contribution in [3.8, 4) is 11.4 Å². The number of aryl methyl sites for hydroxylation is 1. The van der Waals surface area contributed by atoms with Crippen molar-refractivity contribution in [2.45, 2.75) is 31.2 Å². The van der Waals surface area contributed by atoms with Crippen molar-refractivity contribution in [1.82, 2.24) is 19.2 Å². The van der Waals surface area contributed by atoms with E-state index < -0.39 is 15.9 Å². The molecule has 4 rings (SSSR count). The van der Waals surface area contributed by atoms with Crippen LogP contribution in [0.25, 0.3) is 5.69 Å². The normalized spacial score (nSPS) is 17.0. The number of aromatic nitrogens is 2. The number of hydrogen-bond acceptors (Lipinski definition) is 5. The highest BCUT2D eigenvalue weighted by Gasteiger charge is 2.33. The number of para-hydroxylation sites is 1. The minimum absolute atomic E-state index is 0.137. The lowest BCUT2D eigenvalue weighted by molar-refractivity contribution is -0.126. The van der Waals surface area contributed by atoms with Crippen molar-refractivity contribution >= 4 is 15.9 Å². The van der Waals surface area contributed by atoms with E-state index in [0.29, 0.717) is 31.7 Å². The molecule has 174 valence electrons. The molecule has 9 heteroatoms. The van der Waals surface area contributed by atoms with Crippen LogP contribution in [0.1, 0.15) is 24.2 Å². The standard InChI is InChI=1S/C24H28N4O4S/c1-18-25-13-15-28(18)23-8-4-3-6-19(23)16-26-24(29)20-7-5-14-27(17-20)33(30,31)22-11-9-21(32-2)10-12-22/h3-4,6,8-13,15,20H,5,7,14,16-17H2,1-2H3,(H,26,29)/t20-/m1/s1. The fourth-order valence-electron chi connectivity index (χ4n) is 4.13. The van der Waals surface area contributed by atoms with Gasteiger partial charge in [-0.05, 0) is 55.7 Å². The predicted molar refractivity (Wildman–Crippen MR) is 125 cm³/mol. The van der Waals surface area contributed by atoms with Crippen molar-refractivity contribution in [1.29, 1.82) is 0 Å². The van der Waals surface area contributed by atoms with Gasteiger partial charge in [-0.25, -0.2) is 13.4 Å². The maximum Gasteiger partial charge on any atom is 0.243 e. The molecule has 1 fully saturated rings. The van der Waals surface area contributed by atoms with Crippen LogP contribution in [0.15, 0.2) is 65.8 Å². The summed E-state index contributed by atoms with van der Waals surface area (Å²) in [6, 6.07) is 14.2. The maximum absolute atomic E-state index is 13.1. The van der Waals surface area contributed by atoms with Crippen LogP contribution in [-0.2, 0) is 21.4 Å². The summed E-state index contributed by atoms with van der Waals surface area (Å²) in [5.41, 5.74) is 1.92. The number of rotatable bonds is 7. The number of amides is 1. The van der Waals surface area contributed by atoms with Gasteiger partial charge in [0.05, 0.1) is 23.6 Å². The SMILES string of the molecule is COc1ccc(S(=O)(=O)N2CCC[C@@H](C(=O)NCc3ccccc3-n3ccnc3C)C2)cc1. The second kappa shape index (κ2) is 9.76. The molecule has 1 aromatic heterocycles. The molecule has 0 spiro atoms. The topological polar surface area (TPSA) is 93.5 Å². The number of methoxy groups -OCH3 is 1. The molecule has 2 aromatic carbocycles. The molecule has 3 aromatic rings. The molecular weight excluding hydrogens is 440 g/mol. The smallest absolute Gasteiger partial charge is 0.243 e. The Morgan fingerprint density at radius 3 is 2.64 bits per heavy atom. The third kappa shape index (κ3) is 4.94. The van der Waals surface area contributed by atoms with Gasteiger partial charge in [-0.2, -0.15) is 4.31 Å². The number of ether oxygens (including phenoxy) is 1. The molecular formula is C24H28N4O4S. The fourth-order valence-corrected chi connectivity index (χ4v) is 5.65. The van der Waals surface area contributed by atoms with Crippen LogP contribution < -0.4 is 10.1 Å². The van der Waals surface area contributed by atoms with Crippen LogP contribution in [0, 0.1) is 12.8 Å². The molecule has 1 amide bonds. The van der Waals surface area contributed by atoms with E-state index in [9.17, 15) is 13.2 Å². The summed E-state index contributed by atoms with van der Waals surface area (Å²) in [6.45, 7) is 2.85. The lowest BCUT2D eigenvalue weighted by Gasteiger charge is -2.31. The first-order chi connectivity index (χ1) is 15.9. The van der Waals surface area contributed by atoms with E-state index in [1.54, 1.807) is 18.3 Å². The number of hydrogen-bond donors (Lipinski definition) is 1. The predicted octanol–water partition coefficient (Wildman–Crippen LogP) is 2.91. The molecule has 0 aliphatic carbocycles. The van der Waals surface area contributed by atoms with Gasteiger partial charge in [0.1, 0.15) is 11.6 Å². The van der Waals surface area contributed by atoms with E-state index in [0.717, 1.165) is 17.1 Å². The van der Waals surface area contributed by atoms with Crippen molar-refractivity contribution in [2.75, 3.05) is 20.2 Å². The summed E-state index contributed by atoms with van der Waals surface area (Å²) in [6.07, 6.45) is 4.92. The number of carbonyl (C=O) groups excluding carboxylic acids is 1. The Hall–Kier alpha value is -3.17. The van der Waals surface area contributed by atoms with Crippen molar-refractivity contribution < 1.29 is 17.9 Å². The lowest BCUT2D eigenvalue weighted by Crippen LogP contribution is -2.45. The average molecular weight is 469 g/mol.